The SMILES string of the molecule is CC(=O)NC1C(OCCCCC(=O)NCCCNC(=O)CCOCC(C)OCCC(=O)NCCCNC(=O)CCCCOC2OC(CO)C(O)C(O)C2NC(C)=O)OC(CO)C(O)C1O. The molecule has 0 aliphatic carbocycles. The zero-order valence-electron chi connectivity index (χ0n) is 37.8. The van der Waals surface area contributed by atoms with E-state index in [1.807, 2.05) is 0 Å². The molecule has 376 valence electrons. The Bertz CT molecular complexity index is 1420. The second-order valence-corrected chi connectivity index (χ2v) is 15.9. The Kier molecular flexibility index (Phi) is 29.1. The van der Waals surface area contributed by atoms with E-state index in [1.54, 1.807) is 6.92 Å². The quantitative estimate of drug-likeness (QED) is 0.0277. The zero-order valence-corrected chi connectivity index (χ0v) is 37.8. The van der Waals surface area contributed by atoms with Crippen molar-refractivity contribution in [1.29, 1.82) is 0 Å². The fourth-order valence-corrected chi connectivity index (χ4v) is 6.66. The van der Waals surface area contributed by atoms with Gasteiger partial charge in [-0.1, -0.05) is 0 Å². The Morgan fingerprint density at radius 1 is 0.523 bits per heavy atom. The summed E-state index contributed by atoms with van der Waals surface area (Å²) in [6, 6.07) is -2.06. The van der Waals surface area contributed by atoms with Gasteiger partial charge in [-0.15, -0.1) is 0 Å². The summed E-state index contributed by atoms with van der Waals surface area (Å²) in [5, 5.41) is 75.7. The van der Waals surface area contributed by atoms with Crippen molar-refractivity contribution in [3.05, 3.63) is 0 Å². The number of nitrogens with one attached hydrogen (secondary N) is 6. The lowest BCUT2D eigenvalue weighted by molar-refractivity contribution is -0.270. The minimum Gasteiger partial charge on any atom is -0.394 e. The first-order valence-electron chi connectivity index (χ1n) is 22.4. The third-order valence-electron chi connectivity index (χ3n) is 10.2. The summed E-state index contributed by atoms with van der Waals surface area (Å²) in [7, 11) is 0. The van der Waals surface area contributed by atoms with E-state index in [1.165, 1.54) is 13.8 Å². The molecule has 24 heteroatoms. The Balaban J connectivity index is 1.40. The number of rotatable bonds is 33. The van der Waals surface area contributed by atoms with Crippen molar-refractivity contribution >= 4 is 35.4 Å². The van der Waals surface area contributed by atoms with Gasteiger partial charge in [-0.2, -0.15) is 0 Å². The second-order valence-electron chi connectivity index (χ2n) is 15.9. The van der Waals surface area contributed by atoms with Gasteiger partial charge in [-0.05, 0) is 45.4 Å². The number of hydrogen-bond acceptors (Lipinski definition) is 18. The van der Waals surface area contributed by atoms with Gasteiger partial charge < -0.3 is 91.0 Å². The van der Waals surface area contributed by atoms with Gasteiger partial charge in [0.25, 0.3) is 0 Å². The molecule has 11 atom stereocenters. The van der Waals surface area contributed by atoms with Gasteiger partial charge in [0.1, 0.15) is 48.7 Å². The summed E-state index contributed by atoms with van der Waals surface area (Å²) in [4.78, 5) is 71.7. The highest BCUT2D eigenvalue weighted by atomic mass is 16.7. The molecule has 2 rings (SSSR count). The highest BCUT2D eigenvalue weighted by Crippen LogP contribution is 2.24. The predicted molar refractivity (Wildman–Crippen MR) is 227 cm³/mol. The molecule has 24 nitrogen and oxygen atoms in total. The molecule has 2 saturated heterocycles. The first kappa shape index (κ1) is 57.5. The molecular formula is C41H74N6O18. The number of aliphatic hydroxyl groups excluding tert-OH is 6. The molecule has 2 fully saturated rings. The van der Waals surface area contributed by atoms with Crippen molar-refractivity contribution in [2.45, 2.75) is 152 Å². The number of ether oxygens (including phenoxy) is 6. The molecule has 11 unspecified atom stereocenters. The molecule has 0 spiro atoms. The molecule has 2 aliphatic rings. The average Bonchev–Trinajstić information content (AvgIpc) is 3.26. The number of carbonyl (C=O) groups is 6. The molecular weight excluding hydrogens is 864 g/mol. The topological polar surface area (TPSA) is 351 Å². The first-order valence-corrected chi connectivity index (χ1v) is 22.4. The number of hydrogen-bond donors (Lipinski definition) is 12. The van der Waals surface area contributed by atoms with Crippen molar-refractivity contribution in [3.63, 3.8) is 0 Å². The highest BCUT2D eigenvalue weighted by Gasteiger charge is 2.46. The van der Waals surface area contributed by atoms with Gasteiger partial charge in [0.2, 0.25) is 35.4 Å². The van der Waals surface area contributed by atoms with Crippen LogP contribution < -0.4 is 31.9 Å². The van der Waals surface area contributed by atoms with E-state index in [4.69, 9.17) is 28.4 Å². The monoisotopic (exact) mass is 939 g/mol. The lowest BCUT2D eigenvalue weighted by Gasteiger charge is -2.42. The Morgan fingerprint density at radius 2 is 0.908 bits per heavy atom. The van der Waals surface area contributed by atoms with Crippen LogP contribution in [-0.4, -0.2) is 206 Å². The van der Waals surface area contributed by atoms with E-state index in [-0.39, 0.29) is 88.5 Å². The Labute approximate surface area is 379 Å². The van der Waals surface area contributed by atoms with E-state index >= 15 is 0 Å². The maximum absolute atomic E-state index is 12.2. The van der Waals surface area contributed by atoms with Gasteiger partial charge in [-0.3, -0.25) is 28.8 Å². The van der Waals surface area contributed by atoms with Gasteiger partial charge in [-0.25, -0.2) is 0 Å². The van der Waals surface area contributed by atoms with Crippen LogP contribution in [0.1, 0.15) is 85.0 Å². The van der Waals surface area contributed by atoms with Crippen LogP contribution in [0.5, 0.6) is 0 Å². The van der Waals surface area contributed by atoms with Gasteiger partial charge in [0.05, 0.1) is 39.1 Å². The van der Waals surface area contributed by atoms with Crippen LogP contribution >= 0.6 is 0 Å². The lowest BCUT2D eigenvalue weighted by Crippen LogP contribution is -2.64. The molecule has 0 bridgehead atoms. The van der Waals surface area contributed by atoms with Crippen LogP contribution in [0, 0.1) is 0 Å². The fourth-order valence-electron chi connectivity index (χ4n) is 6.66. The van der Waals surface area contributed by atoms with Gasteiger partial charge in [0, 0.05) is 78.9 Å². The number of carbonyl (C=O) groups excluding carboxylic acids is 6. The van der Waals surface area contributed by atoms with Gasteiger partial charge >= 0.3 is 0 Å². The van der Waals surface area contributed by atoms with E-state index in [0.29, 0.717) is 64.7 Å². The van der Waals surface area contributed by atoms with Gasteiger partial charge in [0.15, 0.2) is 12.6 Å². The van der Waals surface area contributed by atoms with Crippen molar-refractivity contribution in [2.75, 3.05) is 72.4 Å². The molecule has 6 amide bonds. The highest BCUT2D eigenvalue weighted by molar-refractivity contribution is 5.77. The molecule has 12 N–H and O–H groups in total. The summed E-state index contributed by atoms with van der Waals surface area (Å²) in [6.07, 6.45) is -6.52. The van der Waals surface area contributed by atoms with E-state index in [9.17, 15) is 59.4 Å². The summed E-state index contributed by atoms with van der Waals surface area (Å²) in [6.45, 7) is 5.55. The number of unbranched alkanes of at least 4 members (excludes halogenated alkanes) is 2. The Morgan fingerprint density at radius 3 is 1.29 bits per heavy atom. The summed E-state index contributed by atoms with van der Waals surface area (Å²) >= 11 is 0. The lowest BCUT2D eigenvalue weighted by atomic mass is 9.97. The van der Waals surface area contributed by atoms with Crippen LogP contribution in [0.4, 0.5) is 0 Å². The number of amides is 6. The molecule has 0 radical (unpaired) electrons. The maximum Gasteiger partial charge on any atom is 0.222 e. The summed E-state index contributed by atoms with van der Waals surface area (Å²) in [5.74, 6) is -1.65. The van der Waals surface area contributed by atoms with Crippen LogP contribution in [0.15, 0.2) is 0 Å². The third kappa shape index (κ3) is 23.6. The van der Waals surface area contributed by atoms with Crippen molar-refractivity contribution < 1.29 is 87.8 Å². The van der Waals surface area contributed by atoms with Crippen LogP contribution in [0.3, 0.4) is 0 Å². The van der Waals surface area contributed by atoms with E-state index in [0.717, 1.165) is 0 Å². The Hall–Kier alpha value is -3.66. The fraction of sp³-hybridized carbons (Fsp3) is 0.854. The first-order chi connectivity index (χ1) is 31.1. The molecule has 2 heterocycles. The molecule has 0 aromatic rings. The van der Waals surface area contributed by atoms with Crippen LogP contribution in [0.2, 0.25) is 0 Å². The van der Waals surface area contributed by atoms with Crippen LogP contribution in [0.25, 0.3) is 0 Å². The largest absolute Gasteiger partial charge is 0.394 e. The normalized spacial score (nSPS) is 25.8. The van der Waals surface area contributed by atoms with Crippen LogP contribution in [-0.2, 0) is 57.2 Å². The summed E-state index contributed by atoms with van der Waals surface area (Å²) in [5.41, 5.74) is 0. The molecule has 65 heavy (non-hydrogen) atoms. The molecule has 0 saturated carbocycles. The molecule has 0 aromatic carbocycles. The van der Waals surface area contributed by atoms with E-state index in [2.05, 4.69) is 31.9 Å². The summed E-state index contributed by atoms with van der Waals surface area (Å²) < 4.78 is 33.4. The standard InChI is InChI=1S/C41H74N6O18/c1-25(61-21-13-33(55)45-17-9-15-43-31(53)11-5-7-19-63-41-35(47-27(3)51)39(59)37(57)29(23-49)65-41)24-60-20-12-32(54)44-16-8-14-42-30(52)10-4-6-18-62-40-34(46-26(2)50)38(58)36(56)28(22-48)64-40/h25,28-29,34-41,48-49,56-59H,4-24H2,1-3H3,(H,42,52)(H,43,53)(H,44,54)(H,45,55)(H,46,50)(H,47,51). The van der Waals surface area contributed by atoms with E-state index < -0.39 is 86.3 Å². The number of aliphatic hydroxyl groups is 6. The average molecular weight is 939 g/mol. The third-order valence-corrected chi connectivity index (χ3v) is 10.2. The maximum atomic E-state index is 12.2. The molecule has 0 aromatic heterocycles. The van der Waals surface area contributed by atoms with Crippen molar-refractivity contribution in [3.8, 4) is 0 Å². The predicted octanol–water partition coefficient (Wildman–Crippen LogP) is -4.31. The molecule has 2 aliphatic heterocycles. The van der Waals surface area contributed by atoms with Crippen molar-refractivity contribution in [2.24, 2.45) is 0 Å². The zero-order chi connectivity index (χ0) is 48.1. The van der Waals surface area contributed by atoms with Crippen molar-refractivity contribution in [1.82, 2.24) is 31.9 Å². The minimum absolute atomic E-state index is 0.138. The smallest absolute Gasteiger partial charge is 0.222 e. The minimum atomic E-state index is -1.40. The second kappa shape index (κ2) is 32.9.